The Labute approximate surface area is 208 Å². The van der Waals surface area contributed by atoms with Crippen molar-refractivity contribution in [1.29, 1.82) is 0 Å². The van der Waals surface area contributed by atoms with E-state index in [1.807, 2.05) is 19.1 Å². The van der Waals surface area contributed by atoms with Gasteiger partial charge in [0.15, 0.2) is 11.5 Å². The molecule has 9 heteroatoms. The molecule has 0 saturated heterocycles. The molecule has 0 aliphatic rings. The average Bonchev–Trinajstić information content (AvgIpc) is 2.75. The van der Waals surface area contributed by atoms with Crippen LogP contribution in [0, 0.1) is 9.39 Å². The maximum Gasteiger partial charge on any atom is 0.271 e. The molecule has 0 fully saturated rings. The third kappa shape index (κ3) is 6.57. The molecule has 32 heavy (non-hydrogen) atoms. The Bertz CT molecular complexity index is 1140. The Balaban J connectivity index is 1.73. The molecular weight excluding hydrogens is 569 g/mol. The molecule has 0 aromatic heterocycles. The predicted molar refractivity (Wildman–Crippen MR) is 133 cm³/mol. The predicted octanol–water partition coefficient (Wildman–Crippen LogP) is 6.48. The van der Waals surface area contributed by atoms with Gasteiger partial charge in [-0.05, 0) is 83.6 Å². The molecule has 1 N–H and O–H groups in total. The fourth-order valence-corrected chi connectivity index (χ4v) is 3.93. The summed E-state index contributed by atoms with van der Waals surface area (Å²) in [5.74, 6) is 0.256. The second-order valence-electron chi connectivity index (χ2n) is 6.49. The van der Waals surface area contributed by atoms with Crippen LogP contribution in [-0.2, 0) is 6.61 Å². The molecule has 0 saturated carbocycles. The van der Waals surface area contributed by atoms with Crippen molar-refractivity contribution in [3.8, 4) is 11.5 Å². The van der Waals surface area contributed by atoms with Gasteiger partial charge < -0.3 is 9.47 Å². The third-order valence-corrected chi connectivity index (χ3v) is 5.59. The van der Waals surface area contributed by atoms with E-state index in [-0.39, 0.29) is 6.61 Å². The molecule has 0 unspecified atom stereocenters. The first-order valence-electron chi connectivity index (χ1n) is 9.49. The van der Waals surface area contributed by atoms with Gasteiger partial charge in [-0.1, -0.05) is 29.3 Å². The summed E-state index contributed by atoms with van der Waals surface area (Å²) in [6, 6.07) is 14.0. The van der Waals surface area contributed by atoms with E-state index >= 15 is 0 Å². The zero-order valence-electron chi connectivity index (χ0n) is 16.9. The molecule has 0 radical (unpaired) electrons. The number of rotatable bonds is 8. The molecule has 3 aromatic carbocycles. The van der Waals surface area contributed by atoms with E-state index in [9.17, 15) is 9.18 Å². The maximum atomic E-state index is 13.0. The lowest BCUT2D eigenvalue weighted by Crippen LogP contribution is -2.17. The van der Waals surface area contributed by atoms with E-state index in [0.29, 0.717) is 39.3 Å². The SMILES string of the molecule is CCOc1cc(/C=N\NC(=O)c2ccc(F)cc2)cc(I)c1OCc1ccc(Cl)cc1Cl. The number of carbonyl (C=O) groups is 1. The topological polar surface area (TPSA) is 59.9 Å². The Kier molecular flexibility index (Phi) is 8.72. The minimum absolute atomic E-state index is 0.243. The zero-order valence-corrected chi connectivity index (χ0v) is 20.5. The van der Waals surface area contributed by atoms with Gasteiger partial charge in [-0.15, -0.1) is 0 Å². The van der Waals surface area contributed by atoms with Crippen LogP contribution in [0.2, 0.25) is 10.0 Å². The van der Waals surface area contributed by atoms with Crippen LogP contribution in [0.15, 0.2) is 59.7 Å². The summed E-state index contributed by atoms with van der Waals surface area (Å²) in [5.41, 5.74) is 4.22. The second-order valence-corrected chi connectivity index (χ2v) is 8.50. The largest absolute Gasteiger partial charge is 0.490 e. The monoisotopic (exact) mass is 586 g/mol. The van der Waals surface area contributed by atoms with Crippen molar-refractivity contribution in [2.24, 2.45) is 5.10 Å². The fourth-order valence-electron chi connectivity index (χ4n) is 2.69. The lowest BCUT2D eigenvalue weighted by molar-refractivity contribution is 0.0955. The van der Waals surface area contributed by atoms with Crippen molar-refractivity contribution in [1.82, 2.24) is 5.43 Å². The third-order valence-electron chi connectivity index (χ3n) is 4.20. The van der Waals surface area contributed by atoms with Crippen LogP contribution in [0.25, 0.3) is 0 Å². The van der Waals surface area contributed by atoms with E-state index in [4.69, 9.17) is 32.7 Å². The summed E-state index contributed by atoms with van der Waals surface area (Å²) >= 11 is 14.3. The second kappa shape index (κ2) is 11.5. The summed E-state index contributed by atoms with van der Waals surface area (Å²) in [6.45, 7) is 2.56. The highest BCUT2D eigenvalue weighted by atomic mass is 127. The number of hydrogen-bond acceptors (Lipinski definition) is 4. The molecule has 0 spiro atoms. The van der Waals surface area contributed by atoms with E-state index in [1.165, 1.54) is 30.5 Å². The van der Waals surface area contributed by atoms with Crippen molar-refractivity contribution in [3.63, 3.8) is 0 Å². The van der Waals surface area contributed by atoms with Crippen LogP contribution in [0.3, 0.4) is 0 Å². The van der Waals surface area contributed by atoms with Gasteiger partial charge in [-0.25, -0.2) is 9.82 Å². The van der Waals surface area contributed by atoms with Gasteiger partial charge in [-0.3, -0.25) is 4.79 Å². The number of nitrogens with zero attached hydrogens (tertiary/aromatic N) is 1. The van der Waals surface area contributed by atoms with Crippen molar-refractivity contribution in [3.05, 3.63) is 90.7 Å². The molecule has 0 aliphatic carbocycles. The molecule has 0 atom stereocenters. The first kappa shape index (κ1) is 24.3. The van der Waals surface area contributed by atoms with Crippen LogP contribution in [-0.4, -0.2) is 18.7 Å². The summed E-state index contributed by atoms with van der Waals surface area (Å²) in [4.78, 5) is 12.1. The number of hydrogen-bond donors (Lipinski definition) is 1. The highest BCUT2D eigenvalue weighted by Gasteiger charge is 2.13. The van der Waals surface area contributed by atoms with Crippen LogP contribution < -0.4 is 14.9 Å². The number of nitrogens with one attached hydrogen (secondary N) is 1. The smallest absolute Gasteiger partial charge is 0.271 e. The van der Waals surface area contributed by atoms with Crippen LogP contribution >= 0.6 is 45.8 Å². The van der Waals surface area contributed by atoms with Crippen molar-refractivity contribution in [2.45, 2.75) is 13.5 Å². The first-order chi connectivity index (χ1) is 15.4. The Hall–Kier alpha value is -2.36. The zero-order chi connectivity index (χ0) is 23.1. The standard InChI is InChI=1S/C23H18Cl2FIN2O3/c1-2-31-21-10-14(12-28-29-23(30)15-4-7-18(26)8-5-15)9-20(27)22(21)32-13-16-3-6-17(24)11-19(16)25/h3-12H,2,13H2,1H3,(H,29,30)/b28-12-. The fraction of sp³-hybridized carbons (Fsp3) is 0.130. The van der Waals surface area contributed by atoms with Crippen LogP contribution in [0.5, 0.6) is 11.5 Å². The Morgan fingerprint density at radius 3 is 2.56 bits per heavy atom. The lowest BCUT2D eigenvalue weighted by atomic mass is 10.2. The normalized spacial score (nSPS) is 10.9. The molecule has 1 amide bonds. The van der Waals surface area contributed by atoms with E-state index in [2.05, 4.69) is 33.1 Å². The summed E-state index contributed by atoms with van der Waals surface area (Å²) in [6.07, 6.45) is 1.49. The molecular formula is C23H18Cl2FIN2O3. The van der Waals surface area contributed by atoms with Crippen LogP contribution in [0.4, 0.5) is 4.39 Å². The number of amides is 1. The minimum atomic E-state index is -0.444. The van der Waals surface area contributed by atoms with Gasteiger partial charge in [0.1, 0.15) is 12.4 Å². The summed E-state index contributed by atoms with van der Waals surface area (Å²) in [7, 11) is 0. The van der Waals surface area contributed by atoms with E-state index < -0.39 is 11.7 Å². The lowest BCUT2D eigenvalue weighted by Gasteiger charge is -2.15. The average molecular weight is 587 g/mol. The first-order valence-corrected chi connectivity index (χ1v) is 11.3. The molecule has 3 aromatic rings. The quantitative estimate of drug-likeness (QED) is 0.187. The summed E-state index contributed by atoms with van der Waals surface area (Å²) < 4.78 is 25.5. The molecule has 0 bridgehead atoms. The molecule has 0 aliphatic heterocycles. The van der Waals surface area contributed by atoms with Gasteiger partial charge in [-0.2, -0.15) is 5.10 Å². The maximum absolute atomic E-state index is 13.0. The van der Waals surface area contributed by atoms with Crippen molar-refractivity contribution >= 4 is 57.9 Å². The van der Waals surface area contributed by atoms with Crippen molar-refractivity contribution in [2.75, 3.05) is 6.61 Å². The van der Waals surface area contributed by atoms with E-state index in [1.54, 1.807) is 18.2 Å². The van der Waals surface area contributed by atoms with Gasteiger partial charge in [0.25, 0.3) is 5.91 Å². The summed E-state index contributed by atoms with van der Waals surface area (Å²) in [5, 5.41) is 5.05. The molecule has 166 valence electrons. The Morgan fingerprint density at radius 1 is 1.12 bits per heavy atom. The van der Waals surface area contributed by atoms with Crippen LogP contribution in [0.1, 0.15) is 28.4 Å². The molecule has 5 nitrogen and oxygen atoms in total. The number of benzene rings is 3. The van der Waals surface area contributed by atoms with Gasteiger partial charge in [0.05, 0.1) is 16.4 Å². The van der Waals surface area contributed by atoms with Gasteiger partial charge >= 0.3 is 0 Å². The minimum Gasteiger partial charge on any atom is -0.490 e. The number of halogens is 4. The van der Waals surface area contributed by atoms with Gasteiger partial charge in [0, 0.05) is 21.2 Å². The number of hydrazone groups is 1. The van der Waals surface area contributed by atoms with Gasteiger partial charge in [0.2, 0.25) is 0 Å². The van der Waals surface area contributed by atoms with E-state index in [0.717, 1.165) is 9.13 Å². The molecule has 3 rings (SSSR count). The molecule has 0 heterocycles. The number of carbonyl (C=O) groups excluding carboxylic acids is 1. The Morgan fingerprint density at radius 2 is 1.88 bits per heavy atom. The highest BCUT2D eigenvalue weighted by Crippen LogP contribution is 2.35. The van der Waals surface area contributed by atoms with Crippen molar-refractivity contribution < 1.29 is 18.7 Å². The number of ether oxygens (including phenoxy) is 2. The highest BCUT2D eigenvalue weighted by molar-refractivity contribution is 14.1.